The number of hydrogen-bond donors (Lipinski definition) is 1. The average molecular weight is 309 g/mol. The number of rotatable bonds is 7. The molecule has 0 heterocycles. The van der Waals surface area contributed by atoms with E-state index in [1.807, 2.05) is 36.5 Å². The number of hydrazone groups is 1. The van der Waals surface area contributed by atoms with Crippen molar-refractivity contribution in [1.82, 2.24) is 4.90 Å². The van der Waals surface area contributed by atoms with Gasteiger partial charge in [-0.25, -0.2) is 0 Å². The lowest BCUT2D eigenvalue weighted by Gasteiger charge is -2.31. The summed E-state index contributed by atoms with van der Waals surface area (Å²) in [5.41, 5.74) is 6.52. The fourth-order valence-corrected chi connectivity index (χ4v) is 2.65. The Labute approximate surface area is 140 Å². The van der Waals surface area contributed by atoms with Gasteiger partial charge in [0.1, 0.15) is 0 Å². The third-order valence-electron chi connectivity index (χ3n) is 3.91. The average Bonchev–Trinajstić information content (AvgIpc) is 2.54. The van der Waals surface area contributed by atoms with E-state index < -0.39 is 0 Å². The molecule has 0 saturated heterocycles. The van der Waals surface area contributed by atoms with E-state index in [0.29, 0.717) is 12.1 Å². The molecule has 2 aromatic carbocycles. The van der Waals surface area contributed by atoms with Gasteiger partial charge in [-0.1, -0.05) is 42.5 Å². The minimum atomic E-state index is 0.516. The summed E-state index contributed by atoms with van der Waals surface area (Å²) in [4.78, 5) is 2.48. The monoisotopic (exact) mass is 309 g/mol. The number of para-hydroxylation sites is 1. The molecule has 3 nitrogen and oxygen atoms in total. The Morgan fingerprint density at radius 3 is 2.17 bits per heavy atom. The fourth-order valence-electron chi connectivity index (χ4n) is 2.65. The fraction of sp³-hybridized carbons (Fsp3) is 0.350. The quantitative estimate of drug-likeness (QED) is 0.590. The molecule has 0 bridgehead atoms. The number of benzene rings is 2. The lowest BCUT2D eigenvalue weighted by molar-refractivity contribution is 0.166. The first-order chi connectivity index (χ1) is 11.1. The Kier molecular flexibility index (Phi) is 6.36. The summed E-state index contributed by atoms with van der Waals surface area (Å²) in [5.74, 6) is 0. The Morgan fingerprint density at radius 1 is 0.913 bits per heavy atom. The molecule has 0 aliphatic carbocycles. The molecule has 0 aliphatic heterocycles. The van der Waals surface area contributed by atoms with Crippen molar-refractivity contribution in [3.63, 3.8) is 0 Å². The zero-order valence-electron chi connectivity index (χ0n) is 14.5. The third kappa shape index (κ3) is 5.22. The van der Waals surface area contributed by atoms with Crippen LogP contribution < -0.4 is 5.43 Å². The number of nitrogens with one attached hydrogen (secondary N) is 1. The zero-order chi connectivity index (χ0) is 16.7. The van der Waals surface area contributed by atoms with Crippen LogP contribution >= 0.6 is 0 Å². The molecule has 0 saturated carbocycles. The van der Waals surface area contributed by atoms with Crippen LogP contribution in [0.4, 0.5) is 5.69 Å². The van der Waals surface area contributed by atoms with Crippen molar-refractivity contribution in [3.8, 4) is 0 Å². The summed E-state index contributed by atoms with van der Waals surface area (Å²) < 4.78 is 0. The van der Waals surface area contributed by atoms with E-state index in [1.165, 1.54) is 5.56 Å². The van der Waals surface area contributed by atoms with Gasteiger partial charge in [-0.3, -0.25) is 10.3 Å². The highest BCUT2D eigenvalue weighted by Gasteiger charge is 2.14. The predicted molar refractivity (Wildman–Crippen MR) is 99.9 cm³/mol. The number of anilines is 1. The molecule has 0 atom stereocenters. The van der Waals surface area contributed by atoms with E-state index in [4.69, 9.17) is 0 Å². The molecule has 122 valence electrons. The van der Waals surface area contributed by atoms with Crippen LogP contribution in [0.15, 0.2) is 59.7 Å². The van der Waals surface area contributed by atoms with Crippen molar-refractivity contribution in [2.45, 2.75) is 46.3 Å². The molecule has 2 aromatic rings. The lowest BCUT2D eigenvalue weighted by atomic mass is 10.1. The third-order valence-corrected chi connectivity index (χ3v) is 3.91. The molecule has 0 radical (unpaired) electrons. The maximum atomic E-state index is 4.38. The Bertz CT molecular complexity index is 610. The minimum absolute atomic E-state index is 0.516. The second kappa shape index (κ2) is 8.49. The normalized spacial score (nSPS) is 11.8. The van der Waals surface area contributed by atoms with Crippen LogP contribution in [0, 0.1) is 0 Å². The molecule has 0 fully saturated rings. The van der Waals surface area contributed by atoms with Gasteiger partial charge in [0.05, 0.1) is 11.9 Å². The van der Waals surface area contributed by atoms with Crippen molar-refractivity contribution in [2.24, 2.45) is 5.10 Å². The second-order valence-electron chi connectivity index (χ2n) is 6.29. The topological polar surface area (TPSA) is 27.6 Å². The van der Waals surface area contributed by atoms with Crippen LogP contribution in [0.25, 0.3) is 0 Å². The van der Waals surface area contributed by atoms with Crippen molar-refractivity contribution in [1.29, 1.82) is 0 Å². The standard InChI is InChI=1S/C20H27N3/c1-16(2)23(17(3)4)15-19-11-9-8-10-18(19)14-21-22-20-12-6-5-7-13-20/h5-14,16-17,22H,15H2,1-4H3. The second-order valence-corrected chi connectivity index (χ2v) is 6.29. The molecule has 3 heteroatoms. The van der Waals surface area contributed by atoms with Crippen LogP contribution in [-0.4, -0.2) is 23.2 Å². The number of nitrogens with zero attached hydrogens (tertiary/aromatic N) is 2. The molecule has 0 amide bonds. The maximum Gasteiger partial charge on any atom is 0.0561 e. The molecule has 0 spiro atoms. The summed E-state index contributed by atoms with van der Waals surface area (Å²) in [6.45, 7) is 9.91. The van der Waals surface area contributed by atoms with Crippen LogP contribution in [0.5, 0.6) is 0 Å². The van der Waals surface area contributed by atoms with E-state index in [2.05, 4.69) is 67.4 Å². The van der Waals surface area contributed by atoms with E-state index >= 15 is 0 Å². The van der Waals surface area contributed by atoms with Gasteiger partial charge in [-0.05, 0) is 51.0 Å². The highest BCUT2D eigenvalue weighted by Crippen LogP contribution is 2.15. The van der Waals surface area contributed by atoms with Crippen LogP contribution in [-0.2, 0) is 6.54 Å². The molecular weight excluding hydrogens is 282 g/mol. The summed E-state index contributed by atoms with van der Waals surface area (Å²) in [7, 11) is 0. The molecular formula is C20H27N3. The van der Waals surface area contributed by atoms with E-state index in [9.17, 15) is 0 Å². The first-order valence-electron chi connectivity index (χ1n) is 8.25. The van der Waals surface area contributed by atoms with Gasteiger partial charge < -0.3 is 0 Å². The summed E-state index contributed by atoms with van der Waals surface area (Å²) in [6, 6.07) is 19.5. The summed E-state index contributed by atoms with van der Waals surface area (Å²) in [5, 5.41) is 4.38. The molecule has 2 rings (SSSR count). The molecule has 0 aromatic heterocycles. The maximum absolute atomic E-state index is 4.38. The SMILES string of the molecule is CC(C)N(Cc1ccccc1C=NNc1ccccc1)C(C)C. The highest BCUT2D eigenvalue weighted by atomic mass is 15.3. The van der Waals surface area contributed by atoms with Gasteiger partial charge in [0.25, 0.3) is 0 Å². The van der Waals surface area contributed by atoms with Gasteiger partial charge in [0.2, 0.25) is 0 Å². The molecule has 1 N–H and O–H groups in total. The largest absolute Gasteiger partial charge is 0.294 e. The molecule has 0 unspecified atom stereocenters. The first-order valence-corrected chi connectivity index (χ1v) is 8.25. The van der Waals surface area contributed by atoms with Gasteiger partial charge in [0, 0.05) is 18.6 Å². The van der Waals surface area contributed by atoms with Crippen molar-refractivity contribution < 1.29 is 0 Å². The van der Waals surface area contributed by atoms with Gasteiger partial charge in [0.15, 0.2) is 0 Å². The first kappa shape index (κ1) is 17.2. The lowest BCUT2D eigenvalue weighted by Crippen LogP contribution is -2.36. The van der Waals surface area contributed by atoms with Gasteiger partial charge in [-0.2, -0.15) is 5.10 Å². The Balaban J connectivity index is 2.11. The van der Waals surface area contributed by atoms with E-state index in [1.54, 1.807) is 0 Å². The number of hydrogen-bond acceptors (Lipinski definition) is 3. The minimum Gasteiger partial charge on any atom is -0.294 e. The van der Waals surface area contributed by atoms with Crippen molar-refractivity contribution in [2.75, 3.05) is 5.43 Å². The Morgan fingerprint density at radius 2 is 1.52 bits per heavy atom. The Hall–Kier alpha value is -2.13. The van der Waals surface area contributed by atoms with Crippen LogP contribution in [0.3, 0.4) is 0 Å². The predicted octanol–water partition coefficient (Wildman–Crippen LogP) is 4.75. The smallest absolute Gasteiger partial charge is 0.0561 e. The molecule has 23 heavy (non-hydrogen) atoms. The molecule has 0 aliphatic rings. The van der Waals surface area contributed by atoms with Gasteiger partial charge in [-0.15, -0.1) is 0 Å². The van der Waals surface area contributed by atoms with E-state index in [-0.39, 0.29) is 0 Å². The van der Waals surface area contributed by atoms with Gasteiger partial charge >= 0.3 is 0 Å². The van der Waals surface area contributed by atoms with Crippen molar-refractivity contribution >= 4 is 11.9 Å². The van der Waals surface area contributed by atoms with E-state index in [0.717, 1.165) is 17.8 Å². The van der Waals surface area contributed by atoms with Crippen molar-refractivity contribution in [3.05, 3.63) is 65.7 Å². The summed E-state index contributed by atoms with van der Waals surface area (Å²) >= 11 is 0. The zero-order valence-corrected chi connectivity index (χ0v) is 14.5. The van der Waals surface area contributed by atoms with Crippen LogP contribution in [0.1, 0.15) is 38.8 Å². The summed E-state index contributed by atoms with van der Waals surface area (Å²) in [6.07, 6.45) is 1.90. The van der Waals surface area contributed by atoms with Crippen LogP contribution in [0.2, 0.25) is 0 Å². The highest BCUT2D eigenvalue weighted by molar-refractivity contribution is 5.82.